The summed E-state index contributed by atoms with van der Waals surface area (Å²) in [5.74, 6) is 1.83. The van der Waals surface area contributed by atoms with Gasteiger partial charge in [0.05, 0.1) is 7.11 Å². The monoisotopic (exact) mass is 317 g/mol. The van der Waals surface area contributed by atoms with Crippen LogP contribution in [0.4, 0.5) is 0 Å². The van der Waals surface area contributed by atoms with Gasteiger partial charge < -0.3 is 9.26 Å². The second-order valence-corrected chi connectivity index (χ2v) is 4.34. The lowest BCUT2D eigenvalue weighted by molar-refractivity contribution is 0.415. The highest BCUT2D eigenvalue weighted by atomic mass is 35.5. The van der Waals surface area contributed by atoms with E-state index in [0.717, 1.165) is 22.6 Å². The number of aryl methyl sites for hydroxylation is 1. The minimum atomic E-state index is 0.487. The van der Waals surface area contributed by atoms with Crippen LogP contribution in [-0.2, 0) is 0 Å². The zero-order chi connectivity index (χ0) is 15.9. The summed E-state index contributed by atoms with van der Waals surface area (Å²) >= 11 is 4.64. The number of alkyl halides is 1. The molecule has 0 radical (unpaired) electrons. The minimum absolute atomic E-state index is 0.487. The molecule has 0 amide bonds. The minimum Gasteiger partial charge on any atom is -0.497 e. The number of nitrogens with zero attached hydrogens (tertiary/aromatic N) is 3. The van der Waals surface area contributed by atoms with Gasteiger partial charge in [-0.3, -0.25) is 4.98 Å². The molecule has 0 atom stereocenters. The molecule has 0 unspecified atom stereocenters. The molecular formula is C16H16ClN3O2. The number of ether oxygens (including phenoxy) is 1. The third-order valence-corrected chi connectivity index (χ3v) is 2.92. The summed E-state index contributed by atoms with van der Waals surface area (Å²) in [6.45, 7) is 1.92. The third kappa shape index (κ3) is 3.62. The predicted octanol–water partition coefficient (Wildman–Crippen LogP) is 3.97. The molecule has 0 saturated carbocycles. The number of rotatable bonds is 3. The number of hydrogen-bond acceptors (Lipinski definition) is 5. The van der Waals surface area contributed by atoms with Crippen LogP contribution in [-0.4, -0.2) is 28.6 Å². The van der Waals surface area contributed by atoms with Gasteiger partial charge in [-0.2, -0.15) is 4.98 Å². The molecule has 0 bridgehead atoms. The van der Waals surface area contributed by atoms with E-state index in [9.17, 15) is 0 Å². The summed E-state index contributed by atoms with van der Waals surface area (Å²) in [6.07, 6.45) is 3.20. The standard InChI is InChI=1S/C15H13N3O2.CH3Cl/c1-10-9-12(7-8-16-10)15-17-14(18-20-15)11-3-5-13(19-2)6-4-11;1-2/h3-9H,1-2H3;1H3. The van der Waals surface area contributed by atoms with Gasteiger partial charge in [-0.1, -0.05) is 5.16 Å². The maximum Gasteiger partial charge on any atom is 0.258 e. The maximum absolute atomic E-state index is 5.30. The molecule has 0 aliphatic heterocycles. The number of pyridine rings is 1. The van der Waals surface area contributed by atoms with Crippen LogP contribution in [0.25, 0.3) is 22.8 Å². The highest BCUT2D eigenvalue weighted by Gasteiger charge is 2.10. The summed E-state index contributed by atoms with van der Waals surface area (Å²) in [4.78, 5) is 8.55. The summed E-state index contributed by atoms with van der Waals surface area (Å²) in [7, 11) is 1.63. The van der Waals surface area contributed by atoms with E-state index in [1.165, 1.54) is 6.38 Å². The molecular weight excluding hydrogens is 302 g/mol. The molecule has 22 heavy (non-hydrogen) atoms. The Morgan fingerprint density at radius 3 is 2.41 bits per heavy atom. The smallest absolute Gasteiger partial charge is 0.258 e. The second kappa shape index (κ2) is 7.56. The van der Waals surface area contributed by atoms with E-state index in [0.29, 0.717) is 11.7 Å². The number of halogens is 1. The first-order valence-corrected chi connectivity index (χ1v) is 7.31. The molecule has 6 heteroatoms. The zero-order valence-corrected chi connectivity index (χ0v) is 13.3. The van der Waals surface area contributed by atoms with Crippen LogP contribution in [0.1, 0.15) is 5.69 Å². The summed E-state index contributed by atoms with van der Waals surface area (Å²) < 4.78 is 10.4. The van der Waals surface area contributed by atoms with E-state index >= 15 is 0 Å². The normalized spacial score (nSPS) is 9.82. The fraction of sp³-hybridized carbons (Fsp3) is 0.188. The Bertz CT molecular complexity index is 726. The largest absolute Gasteiger partial charge is 0.497 e. The molecule has 0 aliphatic carbocycles. The van der Waals surface area contributed by atoms with Gasteiger partial charge in [-0.15, -0.1) is 11.6 Å². The van der Waals surface area contributed by atoms with Gasteiger partial charge in [-0.05, 0) is 43.3 Å². The molecule has 0 aliphatic rings. The van der Waals surface area contributed by atoms with E-state index < -0.39 is 0 Å². The van der Waals surface area contributed by atoms with Crippen molar-refractivity contribution in [3.63, 3.8) is 0 Å². The average molecular weight is 318 g/mol. The van der Waals surface area contributed by atoms with Crippen molar-refractivity contribution in [1.82, 2.24) is 15.1 Å². The van der Waals surface area contributed by atoms with Gasteiger partial charge in [0, 0.05) is 29.4 Å². The Hall–Kier alpha value is -2.40. The highest BCUT2D eigenvalue weighted by Crippen LogP contribution is 2.23. The van der Waals surface area contributed by atoms with E-state index in [1.54, 1.807) is 13.3 Å². The van der Waals surface area contributed by atoms with Crippen molar-refractivity contribution in [3.8, 4) is 28.6 Å². The number of benzene rings is 1. The Morgan fingerprint density at radius 2 is 1.77 bits per heavy atom. The molecule has 3 rings (SSSR count). The van der Waals surface area contributed by atoms with Crippen LogP contribution in [0.2, 0.25) is 0 Å². The molecule has 0 N–H and O–H groups in total. The van der Waals surface area contributed by atoms with Crippen LogP contribution >= 0.6 is 11.6 Å². The lowest BCUT2D eigenvalue weighted by Crippen LogP contribution is -1.85. The van der Waals surface area contributed by atoms with Crippen LogP contribution < -0.4 is 4.74 Å². The van der Waals surface area contributed by atoms with Gasteiger partial charge in [0.2, 0.25) is 5.82 Å². The van der Waals surface area contributed by atoms with Crippen molar-refractivity contribution in [2.75, 3.05) is 13.5 Å². The van der Waals surface area contributed by atoms with E-state index in [2.05, 4.69) is 26.7 Å². The first kappa shape index (κ1) is 16.0. The van der Waals surface area contributed by atoms with Crippen LogP contribution in [0.15, 0.2) is 47.1 Å². The number of hydrogen-bond donors (Lipinski definition) is 0. The lowest BCUT2D eigenvalue weighted by Gasteiger charge is -1.99. The van der Waals surface area contributed by atoms with Gasteiger partial charge in [0.15, 0.2) is 0 Å². The Kier molecular flexibility index (Phi) is 5.49. The van der Waals surface area contributed by atoms with Gasteiger partial charge in [0.25, 0.3) is 5.89 Å². The maximum atomic E-state index is 5.30. The molecule has 0 fully saturated rings. The number of methoxy groups -OCH3 is 1. The Labute approximate surface area is 133 Å². The van der Waals surface area contributed by atoms with Crippen molar-refractivity contribution in [2.24, 2.45) is 0 Å². The fourth-order valence-electron chi connectivity index (χ4n) is 1.88. The average Bonchev–Trinajstić information content (AvgIpc) is 3.07. The molecule has 2 heterocycles. The van der Waals surface area contributed by atoms with Crippen molar-refractivity contribution in [3.05, 3.63) is 48.3 Å². The van der Waals surface area contributed by atoms with Gasteiger partial charge >= 0.3 is 0 Å². The molecule has 0 spiro atoms. The molecule has 1 aromatic carbocycles. The van der Waals surface area contributed by atoms with Gasteiger partial charge in [0.1, 0.15) is 5.75 Å². The van der Waals surface area contributed by atoms with Crippen molar-refractivity contribution >= 4 is 11.6 Å². The number of aromatic nitrogens is 3. The molecule has 2 aromatic heterocycles. The molecule has 0 saturated heterocycles. The first-order chi connectivity index (χ1) is 10.8. The van der Waals surface area contributed by atoms with E-state index in [1.807, 2.05) is 43.3 Å². The summed E-state index contributed by atoms with van der Waals surface area (Å²) in [5.41, 5.74) is 2.66. The highest BCUT2D eigenvalue weighted by molar-refractivity contribution is 6.15. The lowest BCUT2D eigenvalue weighted by atomic mass is 10.2. The fourth-order valence-corrected chi connectivity index (χ4v) is 1.88. The topological polar surface area (TPSA) is 61.0 Å². The van der Waals surface area contributed by atoms with Crippen molar-refractivity contribution < 1.29 is 9.26 Å². The van der Waals surface area contributed by atoms with Crippen LogP contribution in [0.5, 0.6) is 5.75 Å². The van der Waals surface area contributed by atoms with E-state index in [-0.39, 0.29) is 0 Å². The predicted molar refractivity (Wildman–Crippen MR) is 86.0 cm³/mol. The quantitative estimate of drug-likeness (QED) is 0.684. The van der Waals surface area contributed by atoms with Crippen molar-refractivity contribution in [1.29, 1.82) is 0 Å². The first-order valence-electron chi connectivity index (χ1n) is 6.55. The SMILES string of the molecule is CCl.COc1ccc(-c2noc(-c3ccnc(C)c3)n2)cc1. The van der Waals surface area contributed by atoms with E-state index in [4.69, 9.17) is 9.26 Å². The van der Waals surface area contributed by atoms with Crippen LogP contribution in [0, 0.1) is 6.92 Å². The molecule has 5 nitrogen and oxygen atoms in total. The Balaban J connectivity index is 0.000000847. The third-order valence-electron chi connectivity index (χ3n) is 2.92. The second-order valence-electron chi connectivity index (χ2n) is 4.34. The van der Waals surface area contributed by atoms with Crippen molar-refractivity contribution in [2.45, 2.75) is 6.92 Å². The van der Waals surface area contributed by atoms with Gasteiger partial charge in [-0.25, -0.2) is 0 Å². The summed E-state index contributed by atoms with van der Waals surface area (Å²) in [5, 5.41) is 4.00. The Morgan fingerprint density at radius 1 is 1.05 bits per heavy atom. The summed E-state index contributed by atoms with van der Waals surface area (Å²) in [6, 6.07) is 11.3. The molecule has 3 aromatic rings. The van der Waals surface area contributed by atoms with Crippen LogP contribution in [0.3, 0.4) is 0 Å². The molecule has 114 valence electrons. The zero-order valence-electron chi connectivity index (χ0n) is 12.6.